The van der Waals surface area contributed by atoms with E-state index in [2.05, 4.69) is 11.1 Å². The van der Waals surface area contributed by atoms with E-state index in [0.717, 1.165) is 18.7 Å². The Morgan fingerprint density at radius 1 is 1.50 bits per heavy atom. The van der Waals surface area contributed by atoms with Crippen molar-refractivity contribution in [1.29, 1.82) is 0 Å². The summed E-state index contributed by atoms with van der Waals surface area (Å²) >= 11 is 6.14. The predicted molar refractivity (Wildman–Crippen MR) is 58.6 cm³/mol. The standard InChI is InChI=1S/C11H15ClN2/c1-8-2-3-9(10(12)14-8)11(4-5-11)6-7-13/h2-3H,4-7,13H2,1H3. The van der Waals surface area contributed by atoms with Gasteiger partial charge in [-0.25, -0.2) is 4.98 Å². The largest absolute Gasteiger partial charge is 0.330 e. The summed E-state index contributed by atoms with van der Waals surface area (Å²) < 4.78 is 0. The van der Waals surface area contributed by atoms with E-state index in [4.69, 9.17) is 17.3 Å². The van der Waals surface area contributed by atoms with E-state index >= 15 is 0 Å². The highest BCUT2D eigenvalue weighted by Gasteiger charge is 2.44. The van der Waals surface area contributed by atoms with Crippen molar-refractivity contribution in [2.45, 2.75) is 31.6 Å². The van der Waals surface area contributed by atoms with E-state index in [9.17, 15) is 0 Å². The van der Waals surface area contributed by atoms with Gasteiger partial charge in [0.2, 0.25) is 0 Å². The monoisotopic (exact) mass is 210 g/mol. The Morgan fingerprint density at radius 3 is 2.71 bits per heavy atom. The Labute approximate surface area is 89.5 Å². The Bertz CT molecular complexity index is 345. The van der Waals surface area contributed by atoms with E-state index in [-0.39, 0.29) is 5.41 Å². The fourth-order valence-electron chi connectivity index (χ4n) is 2.00. The van der Waals surface area contributed by atoms with Crippen LogP contribution in [0.1, 0.15) is 30.5 Å². The molecule has 0 aromatic carbocycles. The number of nitrogens with two attached hydrogens (primary N) is 1. The van der Waals surface area contributed by atoms with Crippen LogP contribution in [-0.4, -0.2) is 11.5 Å². The molecule has 2 nitrogen and oxygen atoms in total. The molecule has 2 N–H and O–H groups in total. The fraction of sp³-hybridized carbons (Fsp3) is 0.545. The number of rotatable bonds is 3. The average molecular weight is 211 g/mol. The van der Waals surface area contributed by atoms with Crippen LogP contribution in [0.15, 0.2) is 12.1 Å². The number of aromatic nitrogens is 1. The Balaban J connectivity index is 2.32. The van der Waals surface area contributed by atoms with Crippen molar-refractivity contribution in [2.75, 3.05) is 6.54 Å². The van der Waals surface area contributed by atoms with Gasteiger partial charge in [-0.2, -0.15) is 0 Å². The first kappa shape index (κ1) is 9.94. The number of nitrogens with zero attached hydrogens (tertiary/aromatic N) is 1. The quantitative estimate of drug-likeness (QED) is 0.779. The minimum Gasteiger partial charge on any atom is -0.330 e. The lowest BCUT2D eigenvalue weighted by molar-refractivity contribution is 0.626. The average Bonchev–Trinajstić information content (AvgIpc) is 2.86. The molecule has 1 heterocycles. The van der Waals surface area contributed by atoms with Crippen LogP contribution in [0, 0.1) is 6.92 Å². The molecule has 1 aromatic rings. The number of pyridine rings is 1. The van der Waals surface area contributed by atoms with Gasteiger partial charge in [0.15, 0.2) is 0 Å². The summed E-state index contributed by atoms with van der Waals surface area (Å²) in [7, 11) is 0. The van der Waals surface area contributed by atoms with Crippen molar-refractivity contribution >= 4 is 11.6 Å². The molecule has 0 amide bonds. The summed E-state index contributed by atoms with van der Waals surface area (Å²) in [6, 6.07) is 4.13. The highest BCUT2D eigenvalue weighted by Crippen LogP contribution is 2.52. The molecular weight excluding hydrogens is 196 g/mol. The topological polar surface area (TPSA) is 38.9 Å². The smallest absolute Gasteiger partial charge is 0.133 e. The van der Waals surface area contributed by atoms with Gasteiger partial charge in [-0.1, -0.05) is 17.7 Å². The fourth-order valence-corrected chi connectivity index (χ4v) is 2.40. The Kier molecular flexibility index (Phi) is 2.50. The van der Waals surface area contributed by atoms with Crippen molar-refractivity contribution < 1.29 is 0 Å². The molecule has 0 spiro atoms. The second kappa shape index (κ2) is 3.52. The van der Waals surface area contributed by atoms with Crippen LogP contribution in [0.4, 0.5) is 0 Å². The van der Waals surface area contributed by atoms with Gasteiger partial charge >= 0.3 is 0 Å². The maximum atomic E-state index is 6.14. The molecule has 1 fully saturated rings. The van der Waals surface area contributed by atoms with Crippen LogP contribution < -0.4 is 5.73 Å². The lowest BCUT2D eigenvalue weighted by Crippen LogP contribution is -2.14. The molecule has 1 aliphatic carbocycles. The van der Waals surface area contributed by atoms with Gasteiger partial charge in [0.1, 0.15) is 5.15 Å². The molecule has 0 atom stereocenters. The highest BCUT2D eigenvalue weighted by atomic mass is 35.5. The Hall–Kier alpha value is -0.600. The van der Waals surface area contributed by atoms with Crippen LogP contribution in [0.5, 0.6) is 0 Å². The molecule has 1 saturated carbocycles. The van der Waals surface area contributed by atoms with Crippen LogP contribution in [0.3, 0.4) is 0 Å². The number of aryl methyl sites for hydroxylation is 1. The van der Waals surface area contributed by atoms with Gasteiger partial charge in [0, 0.05) is 5.69 Å². The van der Waals surface area contributed by atoms with Gasteiger partial charge in [0.05, 0.1) is 0 Å². The zero-order chi connectivity index (χ0) is 10.2. The second-order valence-electron chi connectivity index (χ2n) is 4.11. The maximum Gasteiger partial charge on any atom is 0.133 e. The first-order chi connectivity index (χ1) is 6.68. The third-order valence-corrected chi connectivity index (χ3v) is 3.32. The first-order valence-electron chi connectivity index (χ1n) is 5.02. The van der Waals surface area contributed by atoms with Gasteiger partial charge < -0.3 is 5.73 Å². The minimum absolute atomic E-state index is 0.256. The third kappa shape index (κ3) is 1.64. The molecule has 0 radical (unpaired) electrons. The molecular formula is C11H15ClN2. The van der Waals surface area contributed by atoms with Crippen LogP contribution >= 0.6 is 11.6 Å². The molecule has 3 heteroatoms. The SMILES string of the molecule is Cc1ccc(C2(CCN)CC2)c(Cl)n1. The van der Waals surface area contributed by atoms with Gasteiger partial charge in [-0.05, 0) is 49.8 Å². The van der Waals surface area contributed by atoms with Crippen LogP contribution in [0.25, 0.3) is 0 Å². The third-order valence-electron chi connectivity index (χ3n) is 3.04. The summed E-state index contributed by atoms with van der Waals surface area (Å²) in [5.74, 6) is 0. The predicted octanol–water partition coefficient (Wildman–Crippen LogP) is 2.42. The zero-order valence-corrected chi connectivity index (χ0v) is 9.14. The molecule has 0 saturated heterocycles. The van der Waals surface area contributed by atoms with Crippen molar-refractivity contribution in [3.05, 3.63) is 28.5 Å². The van der Waals surface area contributed by atoms with E-state index in [1.54, 1.807) is 0 Å². The first-order valence-corrected chi connectivity index (χ1v) is 5.39. The zero-order valence-electron chi connectivity index (χ0n) is 8.39. The summed E-state index contributed by atoms with van der Waals surface area (Å²) in [4.78, 5) is 4.29. The van der Waals surface area contributed by atoms with E-state index in [0.29, 0.717) is 5.15 Å². The van der Waals surface area contributed by atoms with Gasteiger partial charge in [-0.15, -0.1) is 0 Å². The van der Waals surface area contributed by atoms with E-state index < -0.39 is 0 Å². The van der Waals surface area contributed by atoms with Gasteiger partial charge in [-0.3, -0.25) is 0 Å². The second-order valence-corrected chi connectivity index (χ2v) is 4.47. The van der Waals surface area contributed by atoms with Crippen molar-refractivity contribution in [2.24, 2.45) is 5.73 Å². The molecule has 14 heavy (non-hydrogen) atoms. The molecule has 0 unspecified atom stereocenters. The summed E-state index contributed by atoms with van der Waals surface area (Å²) in [5.41, 5.74) is 8.03. The summed E-state index contributed by atoms with van der Waals surface area (Å²) in [6.07, 6.45) is 3.43. The molecule has 1 aromatic heterocycles. The van der Waals surface area contributed by atoms with Crippen LogP contribution in [0.2, 0.25) is 5.15 Å². The molecule has 0 bridgehead atoms. The number of halogens is 1. The molecule has 0 aliphatic heterocycles. The Morgan fingerprint density at radius 2 is 2.21 bits per heavy atom. The lowest BCUT2D eigenvalue weighted by Gasteiger charge is -2.15. The normalized spacial score (nSPS) is 18.2. The van der Waals surface area contributed by atoms with E-state index in [1.165, 1.54) is 18.4 Å². The lowest BCUT2D eigenvalue weighted by atomic mass is 9.94. The summed E-state index contributed by atoms with van der Waals surface area (Å²) in [6.45, 7) is 2.68. The molecule has 2 rings (SSSR count). The van der Waals surface area contributed by atoms with Crippen molar-refractivity contribution in [3.63, 3.8) is 0 Å². The van der Waals surface area contributed by atoms with Crippen LogP contribution in [-0.2, 0) is 5.41 Å². The van der Waals surface area contributed by atoms with Crippen molar-refractivity contribution in [3.8, 4) is 0 Å². The number of hydrogen-bond acceptors (Lipinski definition) is 2. The molecule has 1 aliphatic rings. The van der Waals surface area contributed by atoms with E-state index in [1.807, 2.05) is 13.0 Å². The maximum absolute atomic E-state index is 6.14. The highest BCUT2D eigenvalue weighted by molar-refractivity contribution is 6.30. The number of hydrogen-bond donors (Lipinski definition) is 1. The molecule has 76 valence electrons. The summed E-state index contributed by atoms with van der Waals surface area (Å²) in [5, 5.41) is 0.663. The van der Waals surface area contributed by atoms with Gasteiger partial charge in [0.25, 0.3) is 0 Å². The minimum atomic E-state index is 0.256. The van der Waals surface area contributed by atoms with Crippen molar-refractivity contribution in [1.82, 2.24) is 4.98 Å².